The monoisotopic (exact) mass is 446 g/mol. The van der Waals surface area contributed by atoms with Crippen LogP contribution in [-0.2, 0) is 6.42 Å². The Hall–Kier alpha value is -0.930. The minimum absolute atomic E-state index is 0. The summed E-state index contributed by atoms with van der Waals surface area (Å²) in [5.74, 6) is 0.863. The van der Waals surface area contributed by atoms with E-state index in [4.69, 9.17) is 0 Å². The van der Waals surface area contributed by atoms with Crippen molar-refractivity contribution in [1.82, 2.24) is 25.4 Å². The first kappa shape index (κ1) is 21.1. The quantitative estimate of drug-likeness (QED) is 0.389. The number of likely N-dealkylation sites (N-methyl/N-ethyl adjacent to an activating group) is 1. The van der Waals surface area contributed by atoms with Gasteiger partial charge in [-0.1, -0.05) is 6.07 Å². The van der Waals surface area contributed by atoms with Crippen LogP contribution >= 0.6 is 24.0 Å². The Labute approximate surface area is 163 Å². The van der Waals surface area contributed by atoms with Gasteiger partial charge in [0.25, 0.3) is 0 Å². The van der Waals surface area contributed by atoms with Crippen LogP contribution < -0.4 is 10.6 Å². The fraction of sp³-hybridized carbons (Fsp3) is 0.647. The van der Waals surface area contributed by atoms with Gasteiger partial charge in [0.05, 0.1) is 0 Å². The molecule has 1 aliphatic rings. The van der Waals surface area contributed by atoms with Crippen LogP contribution in [0.4, 0.5) is 0 Å². The van der Waals surface area contributed by atoms with Crippen LogP contribution in [0.3, 0.4) is 0 Å². The normalized spacial score (nSPS) is 17.9. The Morgan fingerprint density at radius 3 is 2.62 bits per heavy atom. The van der Waals surface area contributed by atoms with E-state index < -0.39 is 0 Å². The molecule has 1 aromatic rings. The lowest BCUT2D eigenvalue weighted by atomic mass is 10.2. The van der Waals surface area contributed by atoms with Crippen LogP contribution in [0.15, 0.2) is 29.4 Å². The first-order valence-electron chi connectivity index (χ1n) is 8.46. The third kappa shape index (κ3) is 7.31. The number of guanidine groups is 1. The van der Waals surface area contributed by atoms with Crippen LogP contribution in [0.1, 0.15) is 12.6 Å². The molecule has 0 radical (unpaired) electrons. The van der Waals surface area contributed by atoms with Crippen LogP contribution in [-0.4, -0.2) is 80.1 Å². The maximum absolute atomic E-state index is 4.33. The molecule has 0 spiro atoms. The van der Waals surface area contributed by atoms with E-state index in [2.05, 4.69) is 44.4 Å². The maximum atomic E-state index is 4.33. The molecule has 0 amide bonds. The van der Waals surface area contributed by atoms with Crippen molar-refractivity contribution in [1.29, 1.82) is 0 Å². The van der Waals surface area contributed by atoms with Gasteiger partial charge >= 0.3 is 0 Å². The molecule has 1 atom stereocenters. The Morgan fingerprint density at radius 2 is 2.00 bits per heavy atom. The molecule has 7 heteroatoms. The summed E-state index contributed by atoms with van der Waals surface area (Å²) in [5, 5.41) is 6.78. The van der Waals surface area contributed by atoms with Crippen LogP contribution in [0.25, 0.3) is 0 Å². The first-order valence-corrected chi connectivity index (χ1v) is 8.46. The molecule has 0 aliphatic carbocycles. The van der Waals surface area contributed by atoms with Gasteiger partial charge in [0.2, 0.25) is 0 Å². The van der Waals surface area contributed by atoms with Crippen LogP contribution in [0.5, 0.6) is 0 Å². The second kappa shape index (κ2) is 11.6. The molecule has 1 unspecified atom stereocenters. The molecule has 1 aliphatic heterocycles. The highest BCUT2D eigenvalue weighted by Crippen LogP contribution is 2.03. The lowest BCUT2D eigenvalue weighted by Gasteiger charge is -2.36. The van der Waals surface area contributed by atoms with E-state index in [1.165, 1.54) is 0 Å². The summed E-state index contributed by atoms with van der Waals surface area (Å²) in [4.78, 5) is 13.5. The number of aliphatic imine (C=N–C) groups is 1. The number of halogens is 1. The topological polar surface area (TPSA) is 55.8 Å². The maximum Gasteiger partial charge on any atom is 0.191 e. The predicted molar refractivity (Wildman–Crippen MR) is 111 cm³/mol. The summed E-state index contributed by atoms with van der Waals surface area (Å²) in [6.45, 7) is 8.62. The van der Waals surface area contributed by atoms with Crippen molar-refractivity contribution in [2.24, 2.45) is 4.99 Å². The van der Waals surface area contributed by atoms with Crippen molar-refractivity contribution in [2.75, 3.05) is 53.4 Å². The van der Waals surface area contributed by atoms with Crippen molar-refractivity contribution < 1.29 is 0 Å². The second-order valence-corrected chi connectivity index (χ2v) is 6.14. The van der Waals surface area contributed by atoms with Gasteiger partial charge in [0.1, 0.15) is 0 Å². The molecule has 0 aromatic carbocycles. The van der Waals surface area contributed by atoms with Gasteiger partial charge in [-0.3, -0.25) is 14.9 Å². The summed E-state index contributed by atoms with van der Waals surface area (Å²) in [7, 11) is 4.00. The van der Waals surface area contributed by atoms with Crippen molar-refractivity contribution in [3.63, 3.8) is 0 Å². The zero-order valence-electron chi connectivity index (χ0n) is 15.0. The van der Waals surface area contributed by atoms with Crippen molar-refractivity contribution in [2.45, 2.75) is 19.4 Å². The Morgan fingerprint density at radius 1 is 1.25 bits per heavy atom. The number of nitrogens with one attached hydrogen (secondary N) is 2. The van der Waals surface area contributed by atoms with E-state index in [0.717, 1.165) is 57.3 Å². The number of aromatic nitrogens is 1. The smallest absolute Gasteiger partial charge is 0.191 e. The molecule has 0 bridgehead atoms. The average molecular weight is 446 g/mol. The van der Waals surface area contributed by atoms with Crippen molar-refractivity contribution in [3.05, 3.63) is 30.1 Å². The van der Waals surface area contributed by atoms with E-state index in [1.807, 2.05) is 31.4 Å². The number of hydrogen-bond acceptors (Lipinski definition) is 4. The molecule has 2 N–H and O–H groups in total. The molecule has 24 heavy (non-hydrogen) atoms. The summed E-state index contributed by atoms with van der Waals surface area (Å²) in [5.41, 5.74) is 1.10. The number of rotatable bonds is 6. The largest absolute Gasteiger partial charge is 0.356 e. The third-order valence-electron chi connectivity index (χ3n) is 4.35. The van der Waals surface area contributed by atoms with E-state index in [1.54, 1.807) is 0 Å². The number of hydrogen-bond donors (Lipinski definition) is 2. The van der Waals surface area contributed by atoms with Crippen LogP contribution in [0.2, 0.25) is 0 Å². The van der Waals surface area contributed by atoms with Gasteiger partial charge in [0.15, 0.2) is 5.96 Å². The SMILES string of the molecule is CN=C(NCCc1ccccn1)NCC(C)N1CCN(C)CC1.I. The van der Waals surface area contributed by atoms with Gasteiger partial charge in [-0.2, -0.15) is 0 Å². The molecule has 1 fully saturated rings. The molecule has 0 saturated carbocycles. The highest BCUT2D eigenvalue weighted by molar-refractivity contribution is 14.0. The highest BCUT2D eigenvalue weighted by atomic mass is 127. The predicted octanol–water partition coefficient (Wildman–Crippen LogP) is 1.04. The van der Waals surface area contributed by atoms with Crippen molar-refractivity contribution in [3.8, 4) is 0 Å². The lowest BCUT2D eigenvalue weighted by molar-refractivity contribution is 0.120. The number of piperazine rings is 1. The fourth-order valence-electron chi connectivity index (χ4n) is 2.71. The fourth-order valence-corrected chi connectivity index (χ4v) is 2.71. The summed E-state index contributed by atoms with van der Waals surface area (Å²) >= 11 is 0. The van der Waals surface area contributed by atoms with Gasteiger partial charge in [-0.05, 0) is 26.1 Å². The molecule has 2 heterocycles. The van der Waals surface area contributed by atoms with E-state index in [0.29, 0.717) is 6.04 Å². The molecule has 136 valence electrons. The summed E-state index contributed by atoms with van der Waals surface area (Å²) in [6, 6.07) is 6.52. The number of pyridine rings is 1. The van der Waals surface area contributed by atoms with Gasteiger partial charge in [-0.15, -0.1) is 24.0 Å². The second-order valence-electron chi connectivity index (χ2n) is 6.14. The van der Waals surface area contributed by atoms with Gasteiger partial charge in [-0.25, -0.2) is 0 Å². The third-order valence-corrected chi connectivity index (χ3v) is 4.35. The Kier molecular flexibility index (Phi) is 10.2. The zero-order chi connectivity index (χ0) is 16.5. The minimum Gasteiger partial charge on any atom is -0.356 e. The summed E-state index contributed by atoms with van der Waals surface area (Å²) in [6.07, 6.45) is 2.73. The molecule has 2 rings (SSSR count). The van der Waals surface area contributed by atoms with Crippen molar-refractivity contribution >= 4 is 29.9 Å². The average Bonchev–Trinajstić information content (AvgIpc) is 2.59. The van der Waals surface area contributed by atoms with E-state index in [9.17, 15) is 0 Å². The van der Waals surface area contributed by atoms with E-state index >= 15 is 0 Å². The highest BCUT2D eigenvalue weighted by Gasteiger charge is 2.18. The molecular formula is C17H31IN6. The molecule has 6 nitrogen and oxygen atoms in total. The van der Waals surface area contributed by atoms with E-state index in [-0.39, 0.29) is 24.0 Å². The minimum atomic E-state index is 0. The first-order chi connectivity index (χ1) is 11.2. The van der Waals surface area contributed by atoms with Gasteiger partial charge < -0.3 is 15.5 Å². The summed E-state index contributed by atoms with van der Waals surface area (Å²) < 4.78 is 0. The Bertz CT molecular complexity index is 473. The van der Waals surface area contributed by atoms with Gasteiger partial charge in [0, 0.05) is 70.7 Å². The Balaban J connectivity index is 0.00000288. The molecule has 1 saturated heterocycles. The molecule has 1 aromatic heterocycles. The molecular weight excluding hydrogens is 415 g/mol. The van der Waals surface area contributed by atoms with Crippen LogP contribution in [0, 0.1) is 0 Å². The lowest BCUT2D eigenvalue weighted by Crippen LogP contribution is -2.52. The number of nitrogens with zero attached hydrogens (tertiary/aromatic N) is 4. The standard InChI is InChI=1S/C17H30N6.HI/c1-15(23-12-10-22(3)11-13-23)14-21-17(18-2)20-9-7-16-6-4-5-8-19-16;/h4-6,8,15H,7,9-14H2,1-3H3,(H2,18,20,21);1H. The zero-order valence-corrected chi connectivity index (χ0v) is 17.4.